The summed E-state index contributed by atoms with van der Waals surface area (Å²) in [4.78, 5) is 26.9. The number of nitrogens with two attached hydrogens (primary N) is 1. The molecule has 2 aromatic rings. The monoisotopic (exact) mass is 512 g/mol. The van der Waals surface area contributed by atoms with Crippen LogP contribution in [0.3, 0.4) is 0 Å². The highest BCUT2D eigenvalue weighted by Crippen LogP contribution is 2.25. The number of rotatable bonds is 8. The molecule has 0 unspecified atom stereocenters. The summed E-state index contributed by atoms with van der Waals surface area (Å²) in [5, 5.41) is 11.6. The van der Waals surface area contributed by atoms with E-state index >= 15 is 0 Å². The van der Waals surface area contributed by atoms with Crippen molar-refractivity contribution in [3.63, 3.8) is 0 Å². The molecule has 2 aromatic carbocycles. The van der Waals surface area contributed by atoms with Gasteiger partial charge in [0.1, 0.15) is 0 Å². The lowest BCUT2D eigenvalue weighted by atomic mass is 9.96. The van der Waals surface area contributed by atoms with Crippen LogP contribution in [0.15, 0.2) is 47.4 Å². The Morgan fingerprint density at radius 3 is 2.30 bits per heavy atom. The Bertz CT molecular complexity index is 1100. The first-order valence-electron chi connectivity index (χ1n) is 10.5. The molecule has 0 spiro atoms. The molecule has 178 valence electrons. The van der Waals surface area contributed by atoms with E-state index in [2.05, 4.69) is 10.6 Å². The number of nitrogens with zero attached hydrogens (tertiary/aromatic N) is 1. The number of halogens is 2. The van der Waals surface area contributed by atoms with Crippen molar-refractivity contribution in [2.24, 2.45) is 11.1 Å². The fourth-order valence-electron chi connectivity index (χ4n) is 3.65. The van der Waals surface area contributed by atoms with E-state index in [0.717, 1.165) is 5.56 Å². The van der Waals surface area contributed by atoms with Gasteiger partial charge in [-0.2, -0.15) is 0 Å². The average Bonchev–Trinajstić information content (AvgIpc) is 2.76. The van der Waals surface area contributed by atoms with Crippen LogP contribution in [0.2, 0.25) is 10.0 Å². The minimum Gasteiger partial charge on any atom is -0.356 e. The minimum absolute atomic E-state index is 0.00364. The Morgan fingerprint density at radius 2 is 1.70 bits per heavy atom. The molecule has 0 bridgehead atoms. The predicted octanol–water partition coefficient (Wildman–Crippen LogP) is 2.65. The summed E-state index contributed by atoms with van der Waals surface area (Å²) in [5.74, 6) is -0.245. The molecular formula is C22H26Cl2N4O4S. The number of benzene rings is 2. The number of likely N-dealkylation sites (tertiary alicyclic amines) is 1. The van der Waals surface area contributed by atoms with E-state index in [9.17, 15) is 18.0 Å². The van der Waals surface area contributed by atoms with Crippen molar-refractivity contribution in [3.8, 4) is 0 Å². The molecule has 0 atom stereocenters. The van der Waals surface area contributed by atoms with Crippen LogP contribution in [-0.2, 0) is 26.0 Å². The summed E-state index contributed by atoms with van der Waals surface area (Å²) in [6, 6.07) is 11.2. The van der Waals surface area contributed by atoms with Gasteiger partial charge in [0.15, 0.2) is 0 Å². The Balaban J connectivity index is 1.37. The first-order chi connectivity index (χ1) is 15.6. The van der Waals surface area contributed by atoms with Crippen molar-refractivity contribution in [1.29, 1.82) is 0 Å². The molecule has 3 rings (SSSR count). The zero-order chi connectivity index (χ0) is 24.0. The molecule has 1 aliphatic rings. The molecule has 0 radical (unpaired) electrons. The van der Waals surface area contributed by atoms with Gasteiger partial charge in [-0.1, -0.05) is 35.3 Å². The van der Waals surface area contributed by atoms with Crippen LogP contribution in [0.5, 0.6) is 0 Å². The number of sulfonamides is 1. The Morgan fingerprint density at radius 1 is 1.03 bits per heavy atom. The lowest BCUT2D eigenvalue weighted by Gasteiger charge is -2.30. The molecule has 0 aromatic heterocycles. The fourth-order valence-corrected chi connectivity index (χ4v) is 4.46. The maximum absolute atomic E-state index is 12.5. The SMILES string of the molecule is NS(=O)(=O)c1ccc(CCNC(=O)C2CCN(CC(=O)Nc3ccc(Cl)c(Cl)c3)CC2)cc1. The highest BCUT2D eigenvalue weighted by Gasteiger charge is 2.25. The van der Waals surface area contributed by atoms with Gasteiger partial charge in [-0.25, -0.2) is 13.6 Å². The molecule has 0 saturated carbocycles. The lowest BCUT2D eigenvalue weighted by molar-refractivity contribution is -0.126. The number of carbonyl (C=O) groups excluding carboxylic acids is 2. The molecule has 1 saturated heterocycles. The Labute approximate surface area is 203 Å². The van der Waals surface area contributed by atoms with Crippen molar-refractivity contribution in [1.82, 2.24) is 10.2 Å². The second-order valence-corrected chi connectivity index (χ2v) is 10.3. The van der Waals surface area contributed by atoms with E-state index in [1.54, 1.807) is 30.3 Å². The van der Waals surface area contributed by atoms with Gasteiger partial charge in [0.25, 0.3) is 0 Å². The quantitative estimate of drug-likeness (QED) is 0.501. The molecule has 8 nitrogen and oxygen atoms in total. The number of hydrogen-bond donors (Lipinski definition) is 3. The molecule has 2 amide bonds. The van der Waals surface area contributed by atoms with Crippen molar-refractivity contribution >= 4 is 50.7 Å². The molecule has 1 fully saturated rings. The van der Waals surface area contributed by atoms with Gasteiger partial charge in [-0.15, -0.1) is 0 Å². The Kier molecular flexibility index (Phi) is 8.72. The molecule has 1 heterocycles. The molecule has 1 aliphatic heterocycles. The number of amides is 2. The number of carbonyl (C=O) groups is 2. The third kappa shape index (κ3) is 7.68. The van der Waals surface area contributed by atoms with Gasteiger partial charge >= 0.3 is 0 Å². The van der Waals surface area contributed by atoms with Crippen molar-refractivity contribution in [2.45, 2.75) is 24.2 Å². The zero-order valence-corrected chi connectivity index (χ0v) is 20.2. The third-order valence-corrected chi connectivity index (χ3v) is 7.16. The van der Waals surface area contributed by atoms with Gasteiger partial charge in [0.2, 0.25) is 21.8 Å². The predicted molar refractivity (Wildman–Crippen MR) is 129 cm³/mol. The number of anilines is 1. The van der Waals surface area contributed by atoms with Gasteiger partial charge in [0.05, 0.1) is 21.5 Å². The molecular weight excluding hydrogens is 487 g/mol. The van der Waals surface area contributed by atoms with Crippen LogP contribution in [0.4, 0.5) is 5.69 Å². The lowest BCUT2D eigenvalue weighted by Crippen LogP contribution is -2.43. The maximum atomic E-state index is 12.5. The number of hydrogen-bond acceptors (Lipinski definition) is 5. The van der Waals surface area contributed by atoms with Gasteiger partial charge in [-0.3, -0.25) is 14.5 Å². The standard InChI is InChI=1S/C22H26Cl2N4O4S/c23-19-6-3-17(13-20(19)24)27-21(29)14-28-11-8-16(9-12-28)22(30)26-10-7-15-1-4-18(5-2-15)33(25,31)32/h1-6,13,16H,7-12,14H2,(H,26,30)(H,27,29)(H2,25,31,32). The normalized spacial score (nSPS) is 15.2. The smallest absolute Gasteiger partial charge is 0.238 e. The topological polar surface area (TPSA) is 122 Å². The van der Waals surface area contributed by atoms with Crippen LogP contribution < -0.4 is 15.8 Å². The average molecular weight is 513 g/mol. The first kappa shape index (κ1) is 25.5. The highest BCUT2D eigenvalue weighted by molar-refractivity contribution is 7.89. The second kappa shape index (κ2) is 11.3. The molecule has 33 heavy (non-hydrogen) atoms. The third-order valence-electron chi connectivity index (χ3n) is 5.49. The van der Waals surface area contributed by atoms with Gasteiger partial charge in [-0.05, 0) is 68.2 Å². The number of nitrogens with one attached hydrogen (secondary N) is 2. The highest BCUT2D eigenvalue weighted by atomic mass is 35.5. The first-order valence-corrected chi connectivity index (χ1v) is 12.8. The van der Waals surface area contributed by atoms with E-state index in [-0.39, 0.29) is 29.2 Å². The summed E-state index contributed by atoms with van der Waals surface area (Å²) in [6.07, 6.45) is 1.94. The van der Waals surface area contributed by atoms with Crippen LogP contribution in [0.25, 0.3) is 0 Å². The van der Waals surface area contributed by atoms with E-state index in [4.69, 9.17) is 28.3 Å². The summed E-state index contributed by atoms with van der Waals surface area (Å²) in [7, 11) is -3.71. The van der Waals surface area contributed by atoms with Gasteiger partial charge in [0, 0.05) is 18.2 Å². The van der Waals surface area contributed by atoms with E-state index in [1.165, 1.54) is 12.1 Å². The summed E-state index contributed by atoms with van der Waals surface area (Å²) >= 11 is 11.9. The summed E-state index contributed by atoms with van der Waals surface area (Å²) in [6.45, 7) is 2.01. The van der Waals surface area contributed by atoms with E-state index in [0.29, 0.717) is 54.6 Å². The zero-order valence-electron chi connectivity index (χ0n) is 17.9. The van der Waals surface area contributed by atoms with Crippen LogP contribution in [-0.4, -0.2) is 51.3 Å². The fraction of sp³-hybridized carbons (Fsp3) is 0.364. The van der Waals surface area contributed by atoms with Crippen molar-refractivity contribution in [2.75, 3.05) is 31.5 Å². The van der Waals surface area contributed by atoms with Gasteiger partial charge < -0.3 is 10.6 Å². The maximum Gasteiger partial charge on any atom is 0.238 e. The van der Waals surface area contributed by atoms with Crippen LogP contribution >= 0.6 is 23.2 Å². The molecule has 4 N–H and O–H groups in total. The van der Waals surface area contributed by atoms with E-state index < -0.39 is 10.0 Å². The largest absolute Gasteiger partial charge is 0.356 e. The van der Waals surface area contributed by atoms with Crippen LogP contribution in [0.1, 0.15) is 18.4 Å². The van der Waals surface area contributed by atoms with Crippen LogP contribution in [0, 0.1) is 5.92 Å². The number of primary sulfonamides is 1. The number of piperidine rings is 1. The van der Waals surface area contributed by atoms with Crippen molar-refractivity contribution < 1.29 is 18.0 Å². The molecule has 0 aliphatic carbocycles. The second-order valence-electron chi connectivity index (χ2n) is 7.96. The summed E-state index contributed by atoms with van der Waals surface area (Å²) in [5.41, 5.74) is 1.49. The Hall–Kier alpha value is -2.17. The van der Waals surface area contributed by atoms with Crippen molar-refractivity contribution in [3.05, 3.63) is 58.1 Å². The minimum atomic E-state index is -3.71. The molecule has 11 heteroatoms. The van der Waals surface area contributed by atoms with E-state index in [1.807, 2.05) is 4.90 Å². The summed E-state index contributed by atoms with van der Waals surface area (Å²) < 4.78 is 22.6.